The van der Waals surface area contributed by atoms with Crippen molar-refractivity contribution in [2.45, 2.75) is 61.6 Å². The molecule has 144 valence electrons. The van der Waals surface area contributed by atoms with Gasteiger partial charge < -0.3 is 10.1 Å². The normalized spacial score (nSPS) is 26.9. The Morgan fingerprint density at radius 3 is 2.54 bits per heavy atom. The highest BCUT2D eigenvalue weighted by Gasteiger charge is 2.37. The Hall–Kier alpha value is -1.51. The van der Waals surface area contributed by atoms with E-state index < -0.39 is 28.0 Å². The summed E-state index contributed by atoms with van der Waals surface area (Å²) in [6, 6.07) is 5.06. The van der Waals surface area contributed by atoms with Crippen LogP contribution in [0.5, 0.6) is 0 Å². The van der Waals surface area contributed by atoms with Crippen molar-refractivity contribution >= 4 is 15.9 Å². The third-order valence-corrected chi connectivity index (χ3v) is 6.87. The number of hydrogen-bond donors (Lipinski definition) is 2. The maximum Gasteiger partial charge on any atom is 0.243 e. The van der Waals surface area contributed by atoms with Crippen LogP contribution in [0, 0.1) is 11.7 Å². The topological polar surface area (TPSA) is 84.5 Å². The van der Waals surface area contributed by atoms with Crippen molar-refractivity contribution in [2.24, 2.45) is 5.92 Å². The summed E-state index contributed by atoms with van der Waals surface area (Å²) in [6.07, 6.45) is 4.25. The van der Waals surface area contributed by atoms with Gasteiger partial charge in [-0.1, -0.05) is 12.1 Å². The number of benzene rings is 1. The molecule has 0 bridgehead atoms. The van der Waals surface area contributed by atoms with Gasteiger partial charge in [0.25, 0.3) is 0 Å². The number of sulfonamides is 1. The third kappa shape index (κ3) is 4.24. The van der Waals surface area contributed by atoms with Gasteiger partial charge in [0, 0.05) is 25.1 Å². The number of carbonyl (C=O) groups excluding carboxylic acids is 1. The summed E-state index contributed by atoms with van der Waals surface area (Å²) in [4.78, 5) is 12.0. The van der Waals surface area contributed by atoms with Crippen LogP contribution < -0.4 is 10.0 Å². The van der Waals surface area contributed by atoms with Crippen LogP contribution in [-0.2, 0) is 19.6 Å². The molecule has 1 aromatic rings. The quantitative estimate of drug-likeness (QED) is 0.785. The van der Waals surface area contributed by atoms with E-state index in [0.717, 1.165) is 25.3 Å². The smallest absolute Gasteiger partial charge is 0.243 e. The van der Waals surface area contributed by atoms with Crippen LogP contribution in [-0.4, -0.2) is 39.6 Å². The molecule has 2 aliphatic carbocycles. The predicted molar refractivity (Wildman–Crippen MR) is 94.4 cm³/mol. The van der Waals surface area contributed by atoms with E-state index >= 15 is 0 Å². The minimum Gasteiger partial charge on any atom is -0.380 e. The van der Waals surface area contributed by atoms with Crippen LogP contribution in [0.15, 0.2) is 29.2 Å². The summed E-state index contributed by atoms with van der Waals surface area (Å²) in [5.74, 6) is -0.954. The minimum absolute atomic E-state index is 0.0205. The number of methoxy groups -OCH3 is 1. The van der Waals surface area contributed by atoms with Gasteiger partial charge in [0.15, 0.2) is 0 Å². The number of hydrogen-bond acceptors (Lipinski definition) is 4. The van der Waals surface area contributed by atoms with Gasteiger partial charge in [-0.3, -0.25) is 4.79 Å². The molecule has 0 radical (unpaired) electrons. The van der Waals surface area contributed by atoms with Gasteiger partial charge in [-0.2, -0.15) is 0 Å². The van der Waals surface area contributed by atoms with E-state index in [0.29, 0.717) is 19.3 Å². The number of halogens is 1. The first-order valence-corrected chi connectivity index (χ1v) is 10.5. The highest BCUT2D eigenvalue weighted by atomic mass is 32.2. The monoisotopic (exact) mass is 384 g/mol. The van der Waals surface area contributed by atoms with E-state index in [-0.39, 0.29) is 22.8 Å². The number of ether oxygens (including phenoxy) is 1. The Bertz CT molecular complexity index is 751. The molecule has 0 unspecified atom stereocenters. The Labute approximate surface area is 153 Å². The minimum atomic E-state index is -3.99. The lowest BCUT2D eigenvalue weighted by molar-refractivity contribution is -0.129. The molecule has 0 heterocycles. The maximum absolute atomic E-state index is 13.8. The zero-order valence-electron chi connectivity index (χ0n) is 14.8. The first-order valence-electron chi connectivity index (χ1n) is 9.00. The Balaban J connectivity index is 1.64. The molecule has 2 saturated carbocycles. The number of carbonyl (C=O) groups is 1. The summed E-state index contributed by atoms with van der Waals surface area (Å²) in [5, 5.41) is 3.04. The molecule has 3 rings (SSSR count). The number of rotatable bonds is 6. The molecule has 0 saturated heterocycles. The van der Waals surface area contributed by atoms with Crippen LogP contribution in [0.4, 0.5) is 4.39 Å². The second-order valence-electron chi connectivity index (χ2n) is 7.08. The van der Waals surface area contributed by atoms with Gasteiger partial charge in [-0.05, 0) is 50.7 Å². The van der Waals surface area contributed by atoms with Crippen LogP contribution in [0.25, 0.3) is 0 Å². The average Bonchev–Trinajstić information content (AvgIpc) is 2.58. The molecule has 0 aromatic heterocycles. The van der Waals surface area contributed by atoms with Crippen molar-refractivity contribution in [3.63, 3.8) is 0 Å². The second-order valence-corrected chi connectivity index (χ2v) is 8.76. The molecule has 0 aliphatic heterocycles. The van der Waals surface area contributed by atoms with Crippen molar-refractivity contribution < 1.29 is 22.3 Å². The molecule has 0 spiro atoms. The summed E-state index contributed by atoms with van der Waals surface area (Å²) < 4.78 is 46.8. The molecule has 2 N–H and O–H groups in total. The zero-order chi connectivity index (χ0) is 18.7. The SMILES string of the molecule is CO[C@@H]1C[C@@H](C(=O)NC2CCC2)CC[C@H]1NS(=O)(=O)c1ccccc1F. The van der Waals surface area contributed by atoms with Crippen LogP contribution in [0.3, 0.4) is 0 Å². The zero-order valence-corrected chi connectivity index (χ0v) is 15.6. The van der Waals surface area contributed by atoms with E-state index in [1.54, 1.807) is 0 Å². The lowest BCUT2D eigenvalue weighted by atomic mass is 9.83. The predicted octanol–water partition coefficient (Wildman–Crippen LogP) is 1.96. The van der Waals surface area contributed by atoms with E-state index in [9.17, 15) is 17.6 Å². The Morgan fingerprint density at radius 2 is 1.92 bits per heavy atom. The van der Waals surface area contributed by atoms with Gasteiger partial charge in [0.1, 0.15) is 10.7 Å². The van der Waals surface area contributed by atoms with Crippen molar-refractivity contribution in [3.8, 4) is 0 Å². The highest BCUT2D eigenvalue weighted by Crippen LogP contribution is 2.29. The van der Waals surface area contributed by atoms with Gasteiger partial charge in [0.05, 0.1) is 6.10 Å². The van der Waals surface area contributed by atoms with Crippen molar-refractivity contribution in [3.05, 3.63) is 30.1 Å². The van der Waals surface area contributed by atoms with E-state index in [1.807, 2.05) is 0 Å². The summed E-state index contributed by atoms with van der Waals surface area (Å²) >= 11 is 0. The third-order valence-electron chi connectivity index (χ3n) is 5.35. The average molecular weight is 384 g/mol. The standard InChI is InChI=1S/C18H25FN2O4S/c1-25-16-11-12(18(22)20-13-5-4-6-13)9-10-15(16)21-26(23,24)17-8-3-2-7-14(17)19/h2-3,7-8,12-13,15-16,21H,4-6,9-11H2,1H3,(H,20,22)/t12-,15+,16+/m0/s1. The van der Waals surface area contributed by atoms with E-state index in [1.165, 1.54) is 25.3 Å². The largest absolute Gasteiger partial charge is 0.380 e. The van der Waals surface area contributed by atoms with Gasteiger partial charge in [-0.25, -0.2) is 17.5 Å². The molecule has 3 atom stereocenters. The fourth-order valence-electron chi connectivity index (χ4n) is 3.56. The van der Waals surface area contributed by atoms with Crippen LogP contribution in [0.2, 0.25) is 0 Å². The number of nitrogens with one attached hydrogen (secondary N) is 2. The fourth-order valence-corrected chi connectivity index (χ4v) is 4.94. The second kappa shape index (κ2) is 8.02. The van der Waals surface area contributed by atoms with Crippen molar-refractivity contribution in [2.75, 3.05) is 7.11 Å². The summed E-state index contributed by atoms with van der Waals surface area (Å²) in [7, 11) is -2.49. The Kier molecular flexibility index (Phi) is 5.94. The van der Waals surface area contributed by atoms with Crippen molar-refractivity contribution in [1.29, 1.82) is 0 Å². The van der Waals surface area contributed by atoms with Gasteiger partial charge in [0.2, 0.25) is 15.9 Å². The first-order chi connectivity index (χ1) is 12.4. The Morgan fingerprint density at radius 1 is 1.19 bits per heavy atom. The molecule has 2 fully saturated rings. The number of amides is 1. The highest BCUT2D eigenvalue weighted by molar-refractivity contribution is 7.89. The van der Waals surface area contributed by atoms with Crippen LogP contribution in [0.1, 0.15) is 38.5 Å². The molecule has 8 heteroatoms. The molecule has 2 aliphatic rings. The first kappa shape index (κ1) is 19.3. The van der Waals surface area contributed by atoms with E-state index in [2.05, 4.69) is 10.0 Å². The van der Waals surface area contributed by atoms with Crippen LogP contribution >= 0.6 is 0 Å². The van der Waals surface area contributed by atoms with Crippen molar-refractivity contribution in [1.82, 2.24) is 10.0 Å². The molecule has 6 nitrogen and oxygen atoms in total. The molecule has 1 amide bonds. The molecular formula is C18H25FN2O4S. The van der Waals surface area contributed by atoms with E-state index in [4.69, 9.17) is 4.74 Å². The summed E-state index contributed by atoms with van der Waals surface area (Å²) in [6.45, 7) is 0. The van der Waals surface area contributed by atoms with Gasteiger partial charge in [-0.15, -0.1) is 0 Å². The maximum atomic E-state index is 13.8. The fraction of sp³-hybridized carbons (Fsp3) is 0.611. The molecule has 26 heavy (non-hydrogen) atoms. The summed E-state index contributed by atoms with van der Waals surface area (Å²) in [5.41, 5.74) is 0. The molecule has 1 aromatic carbocycles. The molecular weight excluding hydrogens is 359 g/mol. The lowest BCUT2D eigenvalue weighted by Crippen LogP contribution is -2.51. The lowest BCUT2D eigenvalue weighted by Gasteiger charge is -2.36. The van der Waals surface area contributed by atoms with Gasteiger partial charge >= 0.3 is 0 Å².